The summed E-state index contributed by atoms with van der Waals surface area (Å²) in [6.07, 6.45) is 7.50. The molecular weight excluding hydrogens is 432 g/mol. The van der Waals surface area contributed by atoms with Gasteiger partial charge in [0, 0.05) is 25.7 Å². The number of methoxy groups -OCH3 is 1. The number of likely N-dealkylation sites (tertiary alicyclic amines) is 1. The van der Waals surface area contributed by atoms with Crippen molar-refractivity contribution in [1.29, 1.82) is 0 Å². The Hall–Kier alpha value is -2.13. The average Bonchev–Trinajstić information content (AvgIpc) is 3.12. The van der Waals surface area contributed by atoms with Gasteiger partial charge in [-0.1, -0.05) is 19.8 Å². The minimum atomic E-state index is -3.82. The molecule has 32 heavy (non-hydrogen) atoms. The molecule has 0 bridgehead atoms. The highest BCUT2D eigenvalue weighted by atomic mass is 32.2. The molecule has 178 valence electrons. The summed E-state index contributed by atoms with van der Waals surface area (Å²) in [6.45, 7) is 3.27. The molecule has 1 aromatic carbocycles. The van der Waals surface area contributed by atoms with E-state index in [9.17, 15) is 18.0 Å². The van der Waals surface area contributed by atoms with Crippen molar-refractivity contribution in [3.05, 3.63) is 23.8 Å². The third-order valence-corrected chi connectivity index (χ3v) is 8.25. The zero-order chi connectivity index (χ0) is 23.1. The average molecular weight is 467 g/mol. The van der Waals surface area contributed by atoms with Gasteiger partial charge in [0.05, 0.1) is 12.7 Å². The van der Waals surface area contributed by atoms with Crippen molar-refractivity contribution in [2.75, 3.05) is 33.4 Å². The first-order valence-corrected chi connectivity index (χ1v) is 13.0. The third kappa shape index (κ3) is 5.61. The van der Waals surface area contributed by atoms with Crippen molar-refractivity contribution >= 4 is 21.9 Å². The molecule has 1 atom stereocenters. The smallest absolute Gasteiger partial charge is 0.338 e. The second kappa shape index (κ2) is 11.1. The number of hydrogen-bond acceptors (Lipinski definition) is 6. The Morgan fingerprint density at radius 3 is 2.38 bits per heavy atom. The zero-order valence-corrected chi connectivity index (χ0v) is 19.9. The van der Waals surface area contributed by atoms with E-state index in [0.29, 0.717) is 19.6 Å². The van der Waals surface area contributed by atoms with Gasteiger partial charge in [-0.2, -0.15) is 4.31 Å². The van der Waals surface area contributed by atoms with Crippen LogP contribution in [0.15, 0.2) is 23.1 Å². The van der Waals surface area contributed by atoms with Crippen LogP contribution in [0.5, 0.6) is 5.75 Å². The predicted octanol–water partition coefficient (Wildman–Crippen LogP) is 3.21. The molecule has 2 aliphatic heterocycles. The third-order valence-electron chi connectivity index (χ3n) is 6.33. The molecule has 2 aliphatic rings. The van der Waals surface area contributed by atoms with Gasteiger partial charge in [0.1, 0.15) is 10.6 Å². The van der Waals surface area contributed by atoms with Crippen molar-refractivity contribution in [3.63, 3.8) is 0 Å². The molecule has 9 heteroatoms. The van der Waals surface area contributed by atoms with E-state index in [4.69, 9.17) is 9.47 Å². The lowest BCUT2D eigenvalue weighted by Gasteiger charge is -2.35. The summed E-state index contributed by atoms with van der Waals surface area (Å²) in [5.74, 6) is -0.754. The van der Waals surface area contributed by atoms with Crippen LogP contribution >= 0.6 is 0 Å². The maximum Gasteiger partial charge on any atom is 0.338 e. The standard InChI is InChI=1S/C23H34N2O6S/c1-3-19-10-6-9-15-25(19)22(26)17-31-23(27)18-11-12-20(30-2)21(16-18)32(28,29)24-13-7-4-5-8-14-24/h11-12,16,19H,3-10,13-15,17H2,1-2H3. The maximum atomic E-state index is 13.3. The first-order valence-electron chi connectivity index (χ1n) is 11.5. The van der Waals surface area contributed by atoms with Gasteiger partial charge < -0.3 is 14.4 Å². The number of hydrogen-bond donors (Lipinski definition) is 0. The van der Waals surface area contributed by atoms with E-state index in [1.165, 1.54) is 29.6 Å². The lowest BCUT2D eigenvalue weighted by Crippen LogP contribution is -2.45. The fraction of sp³-hybridized carbons (Fsp3) is 0.652. The van der Waals surface area contributed by atoms with Crippen molar-refractivity contribution in [2.24, 2.45) is 0 Å². The number of sulfonamides is 1. The van der Waals surface area contributed by atoms with E-state index in [-0.39, 0.29) is 34.8 Å². The molecule has 0 N–H and O–H groups in total. The molecule has 8 nitrogen and oxygen atoms in total. The van der Waals surface area contributed by atoms with Gasteiger partial charge in [0.15, 0.2) is 6.61 Å². The molecule has 1 unspecified atom stereocenters. The van der Waals surface area contributed by atoms with E-state index in [0.717, 1.165) is 51.4 Å². The molecule has 0 aliphatic carbocycles. The number of piperidine rings is 1. The van der Waals surface area contributed by atoms with Crippen LogP contribution < -0.4 is 4.74 Å². The number of carbonyl (C=O) groups excluding carboxylic acids is 2. The number of ether oxygens (including phenoxy) is 2. The van der Waals surface area contributed by atoms with Crippen LogP contribution in [0.25, 0.3) is 0 Å². The minimum absolute atomic E-state index is 0.0512. The second-order valence-corrected chi connectivity index (χ2v) is 10.3. The molecule has 2 fully saturated rings. The first-order chi connectivity index (χ1) is 15.4. The molecule has 0 radical (unpaired) electrons. The summed E-state index contributed by atoms with van der Waals surface area (Å²) >= 11 is 0. The minimum Gasteiger partial charge on any atom is -0.495 e. The lowest BCUT2D eigenvalue weighted by molar-refractivity contribution is -0.138. The van der Waals surface area contributed by atoms with Gasteiger partial charge in [0.25, 0.3) is 5.91 Å². The maximum absolute atomic E-state index is 13.3. The van der Waals surface area contributed by atoms with Crippen LogP contribution in [-0.2, 0) is 19.6 Å². The van der Waals surface area contributed by atoms with E-state index >= 15 is 0 Å². The van der Waals surface area contributed by atoms with Crippen LogP contribution in [0, 0.1) is 0 Å². The SMILES string of the molecule is CCC1CCCCN1C(=O)COC(=O)c1ccc(OC)c(S(=O)(=O)N2CCCCCC2)c1. The Balaban J connectivity index is 1.74. The molecule has 2 heterocycles. The monoisotopic (exact) mass is 466 g/mol. The summed E-state index contributed by atoms with van der Waals surface area (Å²) in [7, 11) is -2.42. The van der Waals surface area contributed by atoms with Crippen molar-refractivity contribution < 1.29 is 27.5 Å². The van der Waals surface area contributed by atoms with Crippen LogP contribution in [0.1, 0.15) is 68.6 Å². The number of rotatable bonds is 7. The fourth-order valence-corrected chi connectivity index (χ4v) is 6.17. The number of amides is 1. The van der Waals surface area contributed by atoms with Crippen LogP contribution in [0.2, 0.25) is 0 Å². The molecular formula is C23H34N2O6S. The Morgan fingerprint density at radius 1 is 1.03 bits per heavy atom. The summed E-state index contributed by atoms with van der Waals surface area (Å²) in [5.41, 5.74) is 0.0812. The quantitative estimate of drug-likeness (QED) is 0.573. The van der Waals surface area contributed by atoms with Crippen molar-refractivity contribution in [1.82, 2.24) is 9.21 Å². The summed E-state index contributed by atoms with van der Waals surface area (Å²) in [5, 5.41) is 0. The largest absolute Gasteiger partial charge is 0.495 e. The molecule has 1 aromatic rings. The summed E-state index contributed by atoms with van der Waals surface area (Å²) < 4.78 is 38.5. The van der Waals surface area contributed by atoms with Crippen molar-refractivity contribution in [3.8, 4) is 5.75 Å². The Kier molecular flexibility index (Phi) is 8.53. The normalized spacial score (nSPS) is 20.4. The lowest BCUT2D eigenvalue weighted by atomic mass is 10.00. The number of esters is 1. The van der Waals surface area contributed by atoms with Gasteiger partial charge in [0.2, 0.25) is 10.0 Å². The Bertz CT molecular complexity index is 909. The molecule has 0 spiro atoms. The molecule has 1 amide bonds. The van der Waals surface area contributed by atoms with E-state index in [2.05, 4.69) is 0 Å². The fourth-order valence-electron chi connectivity index (χ4n) is 4.47. The highest BCUT2D eigenvalue weighted by Gasteiger charge is 2.30. The molecule has 2 saturated heterocycles. The first kappa shape index (κ1) is 24.5. The van der Waals surface area contributed by atoms with Gasteiger partial charge in [-0.05, 0) is 56.7 Å². The Morgan fingerprint density at radius 2 is 1.72 bits per heavy atom. The Labute approximate surface area is 190 Å². The summed E-state index contributed by atoms with van der Waals surface area (Å²) in [6, 6.07) is 4.40. The second-order valence-electron chi connectivity index (χ2n) is 8.41. The van der Waals surface area contributed by atoms with E-state index in [1.807, 2.05) is 6.92 Å². The molecule has 0 aromatic heterocycles. The number of benzene rings is 1. The van der Waals surface area contributed by atoms with Gasteiger partial charge >= 0.3 is 5.97 Å². The zero-order valence-electron chi connectivity index (χ0n) is 19.0. The predicted molar refractivity (Wildman–Crippen MR) is 120 cm³/mol. The highest BCUT2D eigenvalue weighted by Crippen LogP contribution is 2.29. The van der Waals surface area contributed by atoms with Crippen LogP contribution in [0.4, 0.5) is 0 Å². The summed E-state index contributed by atoms with van der Waals surface area (Å²) in [4.78, 5) is 27.0. The molecule has 3 rings (SSSR count). The van der Waals surface area contributed by atoms with Gasteiger partial charge in [-0.3, -0.25) is 4.79 Å². The number of carbonyl (C=O) groups is 2. The van der Waals surface area contributed by atoms with Crippen LogP contribution in [0.3, 0.4) is 0 Å². The van der Waals surface area contributed by atoms with Gasteiger partial charge in [-0.25, -0.2) is 13.2 Å². The van der Waals surface area contributed by atoms with E-state index in [1.54, 1.807) is 4.90 Å². The highest BCUT2D eigenvalue weighted by molar-refractivity contribution is 7.89. The topological polar surface area (TPSA) is 93.2 Å². The van der Waals surface area contributed by atoms with Crippen LogP contribution in [-0.4, -0.2) is 68.9 Å². The van der Waals surface area contributed by atoms with Crippen molar-refractivity contribution in [2.45, 2.75) is 69.2 Å². The van der Waals surface area contributed by atoms with Gasteiger partial charge in [-0.15, -0.1) is 0 Å². The van der Waals surface area contributed by atoms with E-state index < -0.39 is 16.0 Å². The molecule has 0 saturated carbocycles. The number of nitrogens with zero attached hydrogens (tertiary/aromatic N) is 2.